The van der Waals surface area contributed by atoms with Gasteiger partial charge in [-0.2, -0.15) is 0 Å². The van der Waals surface area contributed by atoms with Gasteiger partial charge in [0.2, 0.25) is 0 Å². The molecule has 0 bridgehead atoms. The first-order valence-corrected chi connectivity index (χ1v) is 11.6. The summed E-state index contributed by atoms with van der Waals surface area (Å²) in [5.41, 5.74) is -2.06. The number of sulfone groups is 1. The van der Waals surface area contributed by atoms with Crippen molar-refractivity contribution in [2.24, 2.45) is 0 Å². The van der Waals surface area contributed by atoms with Gasteiger partial charge in [-0.25, -0.2) is 8.42 Å². The van der Waals surface area contributed by atoms with E-state index in [1.807, 2.05) is 0 Å². The van der Waals surface area contributed by atoms with Crippen LogP contribution in [-0.2, 0) is 31.4 Å². The Morgan fingerprint density at radius 1 is 1.18 bits per heavy atom. The van der Waals surface area contributed by atoms with Gasteiger partial charge in [0.05, 0.1) is 24.0 Å². The number of esters is 1. The fraction of sp³-hybridized carbons (Fsp3) is 0.261. The smallest absolute Gasteiger partial charge is 0.327 e. The van der Waals surface area contributed by atoms with E-state index in [9.17, 15) is 28.4 Å². The molecule has 0 amide bonds. The van der Waals surface area contributed by atoms with E-state index >= 15 is 0 Å². The van der Waals surface area contributed by atoms with Gasteiger partial charge in [0.15, 0.2) is 15.1 Å². The number of carbonyl (C=O) groups is 1. The minimum atomic E-state index is -4.55. The summed E-state index contributed by atoms with van der Waals surface area (Å²) in [5, 5.41) is 21.4. The average Bonchev–Trinajstić information content (AvgIpc) is 3.34. The fourth-order valence-corrected chi connectivity index (χ4v) is 5.70. The zero-order valence-electron chi connectivity index (χ0n) is 18.7. The van der Waals surface area contributed by atoms with Crippen molar-refractivity contribution in [3.05, 3.63) is 87.7 Å². The van der Waals surface area contributed by atoms with Crippen molar-refractivity contribution in [2.45, 2.75) is 29.1 Å². The second-order valence-corrected chi connectivity index (χ2v) is 9.73. The summed E-state index contributed by atoms with van der Waals surface area (Å²) in [6.07, 6.45) is 0.889. The van der Waals surface area contributed by atoms with Crippen molar-refractivity contribution in [1.82, 2.24) is 4.98 Å². The van der Waals surface area contributed by atoms with E-state index in [0.29, 0.717) is 11.3 Å². The Morgan fingerprint density at radius 2 is 1.85 bits per heavy atom. The van der Waals surface area contributed by atoms with Crippen LogP contribution in [0.4, 0.5) is 5.69 Å². The van der Waals surface area contributed by atoms with Gasteiger partial charge in [0.1, 0.15) is 11.4 Å². The largest absolute Gasteiger partial charge is 0.497 e. The lowest BCUT2D eigenvalue weighted by Crippen LogP contribution is -2.51. The number of ether oxygens (including phenoxy) is 2. The Bertz CT molecular complexity index is 1290. The van der Waals surface area contributed by atoms with Crippen molar-refractivity contribution in [2.75, 3.05) is 14.2 Å². The van der Waals surface area contributed by atoms with Crippen LogP contribution in [0, 0.1) is 17.0 Å². The molecule has 2 N–H and O–H groups in total. The Hall–Kier alpha value is -3.70. The highest BCUT2D eigenvalue weighted by molar-refractivity contribution is 7.92. The molecule has 0 aliphatic heterocycles. The number of nitro groups is 1. The number of nitrogens with zero attached hydrogens (tertiary/aromatic N) is 1. The van der Waals surface area contributed by atoms with Crippen molar-refractivity contribution >= 4 is 21.5 Å². The van der Waals surface area contributed by atoms with Crippen LogP contribution in [0.3, 0.4) is 0 Å². The molecule has 11 heteroatoms. The molecule has 0 radical (unpaired) electrons. The van der Waals surface area contributed by atoms with E-state index in [1.54, 1.807) is 6.92 Å². The van der Waals surface area contributed by atoms with Gasteiger partial charge >= 0.3 is 5.97 Å². The molecular weight excluding hydrogens is 464 g/mol. The summed E-state index contributed by atoms with van der Waals surface area (Å²) in [7, 11) is -2.14. The maximum Gasteiger partial charge on any atom is 0.327 e. The SMILES string of the molecule is COC(=O)C(C(O)(Cc1cc(C)ccc1[N+](=O)[O-])c1ccc[nH]1)S(=O)(=O)c1ccc(OC)cc1. The number of aromatic amines is 1. The molecular formula is C23H24N2O8S. The first-order chi connectivity index (χ1) is 16.0. The lowest BCUT2D eigenvalue weighted by Gasteiger charge is -2.33. The number of H-pyrrole nitrogens is 1. The summed E-state index contributed by atoms with van der Waals surface area (Å²) in [4.78, 5) is 26.4. The van der Waals surface area contributed by atoms with Crippen molar-refractivity contribution in [1.29, 1.82) is 0 Å². The van der Waals surface area contributed by atoms with Gasteiger partial charge in [0.25, 0.3) is 5.69 Å². The van der Waals surface area contributed by atoms with Gasteiger partial charge in [0, 0.05) is 29.9 Å². The monoisotopic (exact) mass is 488 g/mol. The molecule has 180 valence electrons. The average molecular weight is 489 g/mol. The fourth-order valence-electron chi connectivity index (χ4n) is 3.84. The standard InChI is InChI=1S/C23H24N2O8S/c1-15-6-11-19(25(28)29)16(13-15)14-23(27,20-5-4-12-24-20)21(22(26)33-3)34(30,31)18-9-7-17(32-2)8-10-18/h4-13,21,24,27H,14H2,1-3H3. The summed E-state index contributed by atoms with van der Waals surface area (Å²) in [6, 6.07) is 12.5. The number of nitrogens with one attached hydrogen (secondary N) is 1. The molecule has 0 aliphatic carbocycles. The van der Waals surface area contributed by atoms with Crippen LogP contribution in [0.2, 0.25) is 0 Å². The summed E-state index contributed by atoms with van der Waals surface area (Å²) >= 11 is 0. The number of aryl methyl sites for hydroxylation is 1. The molecule has 0 fully saturated rings. The predicted molar refractivity (Wildman–Crippen MR) is 122 cm³/mol. The van der Waals surface area contributed by atoms with Gasteiger partial charge in [-0.15, -0.1) is 0 Å². The molecule has 0 saturated carbocycles. The number of rotatable bonds is 9. The molecule has 3 aromatic rings. The molecule has 2 atom stereocenters. The van der Waals surface area contributed by atoms with Crippen molar-refractivity contribution in [3.8, 4) is 5.75 Å². The maximum atomic E-state index is 13.7. The third-order valence-corrected chi connectivity index (χ3v) is 7.64. The van der Waals surface area contributed by atoms with E-state index < -0.39 is 38.0 Å². The summed E-state index contributed by atoms with van der Waals surface area (Å²) in [6.45, 7) is 1.70. The van der Waals surface area contributed by atoms with E-state index in [4.69, 9.17) is 9.47 Å². The van der Waals surface area contributed by atoms with E-state index in [0.717, 1.165) is 7.11 Å². The van der Waals surface area contributed by atoms with Crippen LogP contribution < -0.4 is 4.74 Å². The number of methoxy groups -OCH3 is 2. The molecule has 0 saturated heterocycles. The van der Waals surface area contributed by atoms with Gasteiger partial charge in [-0.3, -0.25) is 14.9 Å². The lowest BCUT2D eigenvalue weighted by molar-refractivity contribution is -0.385. The molecule has 1 aromatic heterocycles. The van der Waals surface area contributed by atoms with Crippen molar-refractivity contribution < 1.29 is 32.7 Å². The van der Waals surface area contributed by atoms with Crippen LogP contribution in [0.5, 0.6) is 5.75 Å². The Balaban J connectivity index is 2.25. The number of carbonyl (C=O) groups excluding carboxylic acids is 1. The Kier molecular flexibility index (Phi) is 7.08. The van der Waals surface area contributed by atoms with Crippen LogP contribution in [0.1, 0.15) is 16.8 Å². The van der Waals surface area contributed by atoms with Crippen LogP contribution in [0.15, 0.2) is 65.7 Å². The molecule has 2 aromatic carbocycles. The third kappa shape index (κ3) is 4.66. The number of benzene rings is 2. The molecule has 3 rings (SSSR count). The third-order valence-electron chi connectivity index (χ3n) is 5.50. The Labute approximate surface area is 196 Å². The number of hydrogen-bond acceptors (Lipinski definition) is 8. The molecule has 0 spiro atoms. The molecule has 0 aliphatic rings. The van der Waals surface area contributed by atoms with Crippen LogP contribution in [-0.4, -0.2) is 48.9 Å². The van der Waals surface area contributed by atoms with E-state index in [-0.39, 0.29) is 21.8 Å². The van der Waals surface area contributed by atoms with Gasteiger partial charge in [-0.1, -0.05) is 11.6 Å². The van der Waals surface area contributed by atoms with Gasteiger partial charge in [-0.05, 0) is 49.4 Å². The number of nitro benzene ring substituents is 1. The van der Waals surface area contributed by atoms with Gasteiger partial charge < -0.3 is 19.6 Å². The normalized spacial score (nSPS) is 14.1. The number of aliphatic hydroxyl groups is 1. The molecule has 2 unspecified atom stereocenters. The zero-order valence-corrected chi connectivity index (χ0v) is 19.5. The molecule has 10 nitrogen and oxygen atoms in total. The minimum Gasteiger partial charge on any atom is -0.497 e. The van der Waals surface area contributed by atoms with E-state index in [2.05, 4.69) is 4.98 Å². The van der Waals surface area contributed by atoms with E-state index in [1.165, 1.54) is 67.9 Å². The first-order valence-electron chi connectivity index (χ1n) is 10.1. The zero-order chi connectivity index (χ0) is 25.1. The molecule has 1 heterocycles. The predicted octanol–water partition coefficient (Wildman–Crippen LogP) is 2.69. The highest BCUT2D eigenvalue weighted by atomic mass is 32.2. The van der Waals surface area contributed by atoms with Crippen LogP contribution in [0.25, 0.3) is 0 Å². The molecule has 34 heavy (non-hydrogen) atoms. The van der Waals surface area contributed by atoms with Crippen molar-refractivity contribution in [3.63, 3.8) is 0 Å². The highest BCUT2D eigenvalue weighted by Gasteiger charge is 2.53. The topological polar surface area (TPSA) is 149 Å². The lowest BCUT2D eigenvalue weighted by atomic mass is 9.86. The second-order valence-electron chi connectivity index (χ2n) is 7.70. The number of hydrogen-bond donors (Lipinski definition) is 2. The Morgan fingerprint density at radius 3 is 2.38 bits per heavy atom. The van der Waals surface area contributed by atoms with Crippen LogP contribution >= 0.6 is 0 Å². The highest BCUT2D eigenvalue weighted by Crippen LogP contribution is 2.38. The number of aromatic nitrogens is 1. The maximum absolute atomic E-state index is 13.7. The first kappa shape index (κ1) is 24.9. The summed E-state index contributed by atoms with van der Waals surface area (Å²) < 4.78 is 37.3. The second kappa shape index (κ2) is 9.65. The minimum absolute atomic E-state index is 0.0178. The quantitative estimate of drug-likeness (QED) is 0.265. The summed E-state index contributed by atoms with van der Waals surface area (Å²) in [5.74, 6) is -0.827.